The summed E-state index contributed by atoms with van der Waals surface area (Å²) in [6, 6.07) is 9.18. The van der Waals surface area contributed by atoms with Gasteiger partial charge in [-0.25, -0.2) is 9.67 Å². The van der Waals surface area contributed by atoms with Gasteiger partial charge in [0.05, 0.1) is 6.54 Å². The average Bonchev–Trinajstić information content (AvgIpc) is 3.01. The van der Waals surface area contributed by atoms with Gasteiger partial charge in [-0.15, -0.1) is 0 Å². The molecule has 112 valence electrons. The number of hydrogen-bond acceptors (Lipinski definition) is 3. The molecule has 1 aromatic carbocycles. The highest BCUT2D eigenvalue weighted by molar-refractivity contribution is 5.46. The first-order chi connectivity index (χ1) is 10.3. The van der Waals surface area contributed by atoms with Crippen LogP contribution >= 0.6 is 0 Å². The molecule has 1 atom stereocenters. The van der Waals surface area contributed by atoms with Crippen LogP contribution in [0.4, 0.5) is 5.69 Å². The predicted molar refractivity (Wildman–Crippen MR) is 85.2 cm³/mol. The zero-order chi connectivity index (χ0) is 14.5. The molecule has 0 spiro atoms. The molecule has 21 heavy (non-hydrogen) atoms. The van der Waals surface area contributed by atoms with Crippen LogP contribution in [0.1, 0.15) is 44.6 Å². The SMILES string of the molecule is CC(Nc1cccc(Cn2cncn2)c1)C1CCCCC1. The van der Waals surface area contributed by atoms with Crippen molar-refractivity contribution in [2.45, 2.75) is 51.6 Å². The maximum absolute atomic E-state index is 4.16. The van der Waals surface area contributed by atoms with Crippen LogP contribution in [-0.4, -0.2) is 20.8 Å². The van der Waals surface area contributed by atoms with Crippen molar-refractivity contribution in [1.82, 2.24) is 14.8 Å². The Bertz CT molecular complexity index is 544. The third-order valence-electron chi connectivity index (χ3n) is 4.49. The Balaban J connectivity index is 1.62. The van der Waals surface area contributed by atoms with E-state index in [9.17, 15) is 0 Å². The number of hydrogen-bond donors (Lipinski definition) is 1. The Morgan fingerprint density at radius 3 is 2.90 bits per heavy atom. The van der Waals surface area contributed by atoms with Crippen molar-refractivity contribution in [3.8, 4) is 0 Å². The maximum Gasteiger partial charge on any atom is 0.137 e. The van der Waals surface area contributed by atoms with Crippen molar-refractivity contribution in [1.29, 1.82) is 0 Å². The lowest BCUT2D eigenvalue weighted by Crippen LogP contribution is -2.27. The first kappa shape index (κ1) is 14.1. The monoisotopic (exact) mass is 284 g/mol. The van der Waals surface area contributed by atoms with Crippen LogP contribution in [0.3, 0.4) is 0 Å². The molecule has 2 aromatic rings. The van der Waals surface area contributed by atoms with Gasteiger partial charge in [-0.2, -0.15) is 5.10 Å². The molecule has 0 radical (unpaired) electrons. The van der Waals surface area contributed by atoms with Gasteiger partial charge >= 0.3 is 0 Å². The summed E-state index contributed by atoms with van der Waals surface area (Å²) in [5.74, 6) is 0.817. The van der Waals surface area contributed by atoms with Crippen molar-refractivity contribution < 1.29 is 0 Å². The van der Waals surface area contributed by atoms with Gasteiger partial charge in [-0.05, 0) is 43.4 Å². The van der Waals surface area contributed by atoms with Crippen LogP contribution in [-0.2, 0) is 6.54 Å². The lowest BCUT2D eigenvalue weighted by molar-refractivity contribution is 0.328. The second-order valence-electron chi connectivity index (χ2n) is 6.12. The topological polar surface area (TPSA) is 42.7 Å². The quantitative estimate of drug-likeness (QED) is 0.910. The number of nitrogens with one attached hydrogen (secondary N) is 1. The third kappa shape index (κ3) is 3.84. The largest absolute Gasteiger partial charge is 0.382 e. The fraction of sp³-hybridized carbons (Fsp3) is 0.529. The Morgan fingerprint density at radius 2 is 2.14 bits per heavy atom. The van der Waals surface area contributed by atoms with Crippen LogP contribution in [0.5, 0.6) is 0 Å². The number of aromatic nitrogens is 3. The Kier molecular flexibility index (Phi) is 4.53. The molecule has 4 nitrogen and oxygen atoms in total. The number of rotatable bonds is 5. The minimum absolute atomic E-state index is 0.548. The molecule has 4 heteroatoms. The van der Waals surface area contributed by atoms with Crippen molar-refractivity contribution in [2.24, 2.45) is 5.92 Å². The van der Waals surface area contributed by atoms with Gasteiger partial charge in [0, 0.05) is 11.7 Å². The van der Waals surface area contributed by atoms with Crippen molar-refractivity contribution in [2.75, 3.05) is 5.32 Å². The van der Waals surface area contributed by atoms with Crippen molar-refractivity contribution in [3.05, 3.63) is 42.5 Å². The molecule has 1 heterocycles. The van der Waals surface area contributed by atoms with E-state index in [1.165, 1.54) is 43.4 Å². The van der Waals surface area contributed by atoms with Crippen LogP contribution in [0.25, 0.3) is 0 Å². The van der Waals surface area contributed by atoms with Crippen LogP contribution < -0.4 is 5.32 Å². The molecule has 1 aromatic heterocycles. The Labute approximate surface area is 126 Å². The first-order valence-corrected chi connectivity index (χ1v) is 7.99. The second-order valence-corrected chi connectivity index (χ2v) is 6.12. The predicted octanol–water partition coefficient (Wildman–Crippen LogP) is 3.71. The number of anilines is 1. The lowest BCUT2D eigenvalue weighted by Gasteiger charge is -2.29. The zero-order valence-electron chi connectivity index (χ0n) is 12.7. The molecule has 1 aliphatic carbocycles. The minimum Gasteiger partial charge on any atom is -0.382 e. The van der Waals surface area contributed by atoms with Crippen molar-refractivity contribution in [3.63, 3.8) is 0 Å². The van der Waals surface area contributed by atoms with E-state index in [-0.39, 0.29) is 0 Å². The van der Waals surface area contributed by atoms with E-state index in [0.717, 1.165) is 12.5 Å². The summed E-state index contributed by atoms with van der Waals surface area (Å²) in [7, 11) is 0. The molecule has 0 amide bonds. The minimum atomic E-state index is 0.548. The third-order valence-corrected chi connectivity index (χ3v) is 4.49. The van der Waals surface area contributed by atoms with Gasteiger partial charge in [0.15, 0.2) is 0 Å². The van der Waals surface area contributed by atoms with E-state index < -0.39 is 0 Å². The van der Waals surface area contributed by atoms with Gasteiger partial charge in [0.25, 0.3) is 0 Å². The van der Waals surface area contributed by atoms with Gasteiger partial charge in [0.1, 0.15) is 12.7 Å². The summed E-state index contributed by atoms with van der Waals surface area (Å²) in [6.07, 6.45) is 10.3. The number of nitrogens with zero attached hydrogens (tertiary/aromatic N) is 3. The summed E-state index contributed by atoms with van der Waals surface area (Å²) < 4.78 is 1.85. The molecule has 1 unspecified atom stereocenters. The highest BCUT2D eigenvalue weighted by Gasteiger charge is 2.19. The summed E-state index contributed by atoms with van der Waals surface area (Å²) >= 11 is 0. The summed E-state index contributed by atoms with van der Waals surface area (Å²) in [4.78, 5) is 3.99. The van der Waals surface area contributed by atoms with Crippen LogP contribution in [0.15, 0.2) is 36.9 Å². The highest BCUT2D eigenvalue weighted by atomic mass is 15.3. The number of benzene rings is 1. The zero-order valence-corrected chi connectivity index (χ0v) is 12.7. The normalized spacial score (nSPS) is 17.6. The van der Waals surface area contributed by atoms with E-state index >= 15 is 0 Å². The maximum atomic E-state index is 4.16. The van der Waals surface area contributed by atoms with Gasteiger partial charge < -0.3 is 5.32 Å². The van der Waals surface area contributed by atoms with E-state index in [4.69, 9.17) is 0 Å². The van der Waals surface area contributed by atoms with Crippen LogP contribution in [0.2, 0.25) is 0 Å². The standard InChI is InChI=1S/C17H24N4/c1-14(16-7-3-2-4-8-16)20-17-9-5-6-15(10-17)11-21-13-18-12-19-21/h5-6,9-10,12-14,16,20H,2-4,7-8,11H2,1H3. The molecule has 3 rings (SSSR count). The smallest absolute Gasteiger partial charge is 0.137 e. The molecular weight excluding hydrogens is 260 g/mol. The molecule has 1 fully saturated rings. The molecule has 0 bridgehead atoms. The first-order valence-electron chi connectivity index (χ1n) is 7.99. The van der Waals surface area contributed by atoms with Gasteiger partial charge in [-0.3, -0.25) is 0 Å². The van der Waals surface area contributed by atoms with Crippen molar-refractivity contribution >= 4 is 5.69 Å². The molecular formula is C17H24N4. The molecule has 1 aliphatic rings. The fourth-order valence-corrected chi connectivity index (χ4v) is 3.28. The Morgan fingerprint density at radius 1 is 1.29 bits per heavy atom. The van der Waals surface area contributed by atoms with E-state index in [1.807, 2.05) is 4.68 Å². The highest BCUT2D eigenvalue weighted by Crippen LogP contribution is 2.28. The molecule has 1 N–H and O–H groups in total. The average molecular weight is 284 g/mol. The summed E-state index contributed by atoms with van der Waals surface area (Å²) in [5.41, 5.74) is 2.46. The summed E-state index contributed by atoms with van der Waals surface area (Å²) in [5, 5.41) is 7.85. The molecule has 1 saturated carbocycles. The van der Waals surface area contributed by atoms with E-state index in [2.05, 4.69) is 46.6 Å². The molecule has 0 saturated heterocycles. The Hall–Kier alpha value is -1.84. The van der Waals surface area contributed by atoms with Gasteiger partial charge in [0.2, 0.25) is 0 Å². The second kappa shape index (κ2) is 6.74. The van der Waals surface area contributed by atoms with E-state index in [0.29, 0.717) is 6.04 Å². The molecule has 0 aliphatic heterocycles. The van der Waals surface area contributed by atoms with E-state index in [1.54, 1.807) is 12.7 Å². The van der Waals surface area contributed by atoms with Crippen LogP contribution in [0, 0.1) is 5.92 Å². The van der Waals surface area contributed by atoms with Gasteiger partial charge in [-0.1, -0.05) is 31.4 Å². The lowest BCUT2D eigenvalue weighted by atomic mass is 9.84. The fourth-order valence-electron chi connectivity index (χ4n) is 3.28. The summed E-state index contributed by atoms with van der Waals surface area (Å²) in [6.45, 7) is 3.09.